The van der Waals surface area contributed by atoms with E-state index in [0.29, 0.717) is 22.8 Å². The first kappa shape index (κ1) is 12.0. The molecule has 3 nitrogen and oxygen atoms in total. The van der Waals surface area contributed by atoms with Gasteiger partial charge in [-0.25, -0.2) is 4.98 Å². The molecule has 0 spiro atoms. The Morgan fingerprint density at radius 3 is 3.12 bits per heavy atom. The Morgan fingerprint density at radius 2 is 2.44 bits per heavy atom. The van der Waals surface area contributed by atoms with Crippen molar-refractivity contribution in [2.75, 3.05) is 11.5 Å². The van der Waals surface area contributed by atoms with Gasteiger partial charge >= 0.3 is 0 Å². The Labute approximate surface area is 104 Å². The largest absolute Gasteiger partial charge is 0.384 e. The van der Waals surface area contributed by atoms with E-state index in [1.54, 1.807) is 17.8 Å². The molecule has 1 fully saturated rings. The van der Waals surface area contributed by atoms with Crippen LogP contribution in [0, 0.1) is 0 Å². The maximum atomic E-state index is 10.7. The zero-order valence-corrected chi connectivity index (χ0v) is 10.7. The molecular weight excluding hydrogens is 244 g/mol. The number of pyridine rings is 1. The predicted octanol–water partition coefficient (Wildman–Crippen LogP) is 2.42. The second-order valence-corrected chi connectivity index (χ2v) is 6.01. The summed E-state index contributed by atoms with van der Waals surface area (Å²) in [7, 11) is 0. The van der Waals surface area contributed by atoms with Gasteiger partial charge in [-0.05, 0) is 24.7 Å². The summed E-state index contributed by atoms with van der Waals surface area (Å²) in [5.74, 6) is 1.46. The predicted molar refractivity (Wildman–Crippen MR) is 68.7 cm³/mol. The van der Waals surface area contributed by atoms with E-state index in [1.165, 1.54) is 6.20 Å². The van der Waals surface area contributed by atoms with Gasteiger partial charge in [0.1, 0.15) is 11.4 Å². The van der Waals surface area contributed by atoms with E-state index in [-0.39, 0.29) is 5.25 Å². The molecule has 0 saturated carbocycles. The maximum Gasteiger partial charge on any atom is 0.129 e. The van der Waals surface area contributed by atoms with Crippen LogP contribution in [0.2, 0.25) is 5.02 Å². The summed E-state index contributed by atoms with van der Waals surface area (Å²) in [6, 6.07) is 1.73. The summed E-state index contributed by atoms with van der Waals surface area (Å²) >= 11 is 7.67. The molecule has 3 N–H and O–H groups in total. The first-order chi connectivity index (χ1) is 7.54. The van der Waals surface area contributed by atoms with Crippen molar-refractivity contribution in [1.82, 2.24) is 4.98 Å². The van der Waals surface area contributed by atoms with Gasteiger partial charge in [-0.1, -0.05) is 18.5 Å². The van der Waals surface area contributed by atoms with Crippen LogP contribution in [-0.2, 0) is 5.60 Å². The van der Waals surface area contributed by atoms with E-state index in [2.05, 4.69) is 4.98 Å². The fourth-order valence-corrected chi connectivity index (χ4v) is 3.44. The van der Waals surface area contributed by atoms with E-state index in [1.807, 2.05) is 6.92 Å². The first-order valence-corrected chi connectivity index (χ1v) is 6.72. The number of nitrogens with two attached hydrogens (primary N) is 1. The molecule has 1 aliphatic heterocycles. The van der Waals surface area contributed by atoms with Crippen LogP contribution in [0.1, 0.15) is 25.3 Å². The fraction of sp³-hybridized carbons (Fsp3) is 0.545. The van der Waals surface area contributed by atoms with Crippen molar-refractivity contribution >= 4 is 29.2 Å². The lowest BCUT2D eigenvalue weighted by Gasteiger charge is -2.38. The number of thioether (sulfide) groups is 1. The SMILES string of the molecule is CC1SCCCC1(O)c1cc(Cl)cnc1N. The minimum absolute atomic E-state index is 0.115. The Kier molecular flexibility index (Phi) is 3.33. The van der Waals surface area contributed by atoms with Crippen molar-refractivity contribution in [3.63, 3.8) is 0 Å². The standard InChI is InChI=1S/C11H15ClN2OS/c1-7-11(15,3-2-4-16-7)9-5-8(12)6-14-10(9)13/h5-7,15H,2-4H2,1H3,(H2,13,14). The molecule has 0 radical (unpaired) electrons. The molecule has 16 heavy (non-hydrogen) atoms. The number of rotatable bonds is 1. The molecule has 0 amide bonds. The average molecular weight is 259 g/mol. The van der Waals surface area contributed by atoms with Crippen molar-refractivity contribution in [3.8, 4) is 0 Å². The molecule has 1 aromatic heterocycles. The van der Waals surface area contributed by atoms with E-state index < -0.39 is 5.60 Å². The lowest BCUT2D eigenvalue weighted by Crippen LogP contribution is -2.39. The molecule has 0 aromatic carbocycles. The zero-order valence-electron chi connectivity index (χ0n) is 9.11. The second kappa shape index (κ2) is 4.43. The number of nitrogen functional groups attached to an aromatic ring is 1. The van der Waals surface area contributed by atoms with Gasteiger partial charge in [0.05, 0.1) is 5.02 Å². The normalized spacial score (nSPS) is 30.3. The van der Waals surface area contributed by atoms with Gasteiger partial charge in [-0.2, -0.15) is 11.8 Å². The van der Waals surface area contributed by atoms with Crippen molar-refractivity contribution in [2.45, 2.75) is 30.6 Å². The highest BCUT2D eigenvalue weighted by Gasteiger charge is 2.40. The van der Waals surface area contributed by atoms with Crippen LogP contribution >= 0.6 is 23.4 Å². The Balaban J connectivity index is 2.44. The molecule has 0 aliphatic carbocycles. The minimum Gasteiger partial charge on any atom is -0.384 e. The van der Waals surface area contributed by atoms with Crippen molar-refractivity contribution < 1.29 is 5.11 Å². The van der Waals surface area contributed by atoms with E-state index in [9.17, 15) is 5.11 Å². The summed E-state index contributed by atoms with van der Waals surface area (Å²) in [5, 5.41) is 11.3. The summed E-state index contributed by atoms with van der Waals surface area (Å²) in [4.78, 5) is 4.01. The van der Waals surface area contributed by atoms with Gasteiger partial charge in [-0.15, -0.1) is 0 Å². The number of anilines is 1. The highest BCUT2D eigenvalue weighted by molar-refractivity contribution is 8.00. The zero-order chi connectivity index (χ0) is 11.8. The van der Waals surface area contributed by atoms with Gasteiger partial charge in [0.2, 0.25) is 0 Å². The molecule has 1 aliphatic rings. The molecule has 88 valence electrons. The van der Waals surface area contributed by atoms with Crippen LogP contribution in [0.15, 0.2) is 12.3 Å². The van der Waals surface area contributed by atoms with Crippen LogP contribution in [-0.4, -0.2) is 21.1 Å². The Hall–Kier alpha value is -0.450. The number of aliphatic hydroxyl groups is 1. The van der Waals surface area contributed by atoms with Crippen molar-refractivity contribution in [3.05, 3.63) is 22.8 Å². The molecular formula is C11H15ClN2OS. The molecule has 5 heteroatoms. The Morgan fingerprint density at radius 1 is 1.69 bits per heavy atom. The minimum atomic E-state index is -0.898. The lowest BCUT2D eigenvalue weighted by atomic mass is 9.86. The average Bonchev–Trinajstić information content (AvgIpc) is 2.26. The van der Waals surface area contributed by atoms with Gasteiger partial charge in [0, 0.05) is 17.0 Å². The van der Waals surface area contributed by atoms with Crippen LogP contribution in [0.5, 0.6) is 0 Å². The molecule has 2 heterocycles. The van der Waals surface area contributed by atoms with Gasteiger partial charge in [-0.3, -0.25) is 0 Å². The summed E-state index contributed by atoms with van der Waals surface area (Å²) in [6.45, 7) is 2.02. The van der Waals surface area contributed by atoms with Crippen LogP contribution in [0.3, 0.4) is 0 Å². The third-order valence-corrected chi connectivity index (χ3v) is 4.72. The number of halogens is 1. The van der Waals surface area contributed by atoms with Crippen LogP contribution < -0.4 is 5.73 Å². The topological polar surface area (TPSA) is 59.1 Å². The smallest absolute Gasteiger partial charge is 0.129 e. The highest BCUT2D eigenvalue weighted by Crippen LogP contribution is 2.43. The first-order valence-electron chi connectivity index (χ1n) is 5.29. The van der Waals surface area contributed by atoms with Crippen LogP contribution in [0.25, 0.3) is 0 Å². The maximum absolute atomic E-state index is 10.7. The van der Waals surface area contributed by atoms with E-state index >= 15 is 0 Å². The summed E-state index contributed by atoms with van der Waals surface area (Å²) in [5.41, 5.74) is 5.60. The molecule has 2 unspecified atom stereocenters. The molecule has 1 aromatic rings. The van der Waals surface area contributed by atoms with Crippen molar-refractivity contribution in [2.24, 2.45) is 0 Å². The van der Waals surface area contributed by atoms with Gasteiger partial charge in [0.15, 0.2) is 0 Å². The quantitative estimate of drug-likeness (QED) is 0.812. The fourth-order valence-electron chi connectivity index (χ4n) is 2.09. The van der Waals surface area contributed by atoms with E-state index in [0.717, 1.165) is 12.2 Å². The van der Waals surface area contributed by atoms with Gasteiger partial charge < -0.3 is 10.8 Å². The molecule has 2 atom stereocenters. The highest BCUT2D eigenvalue weighted by atomic mass is 35.5. The van der Waals surface area contributed by atoms with Crippen molar-refractivity contribution in [1.29, 1.82) is 0 Å². The monoisotopic (exact) mass is 258 g/mol. The lowest BCUT2D eigenvalue weighted by molar-refractivity contribution is 0.0259. The van der Waals surface area contributed by atoms with E-state index in [4.69, 9.17) is 17.3 Å². The third kappa shape index (κ3) is 2.01. The van der Waals surface area contributed by atoms with Crippen LogP contribution in [0.4, 0.5) is 5.82 Å². The third-order valence-electron chi connectivity index (χ3n) is 3.09. The Bertz CT molecular complexity index is 402. The number of hydrogen-bond donors (Lipinski definition) is 2. The molecule has 0 bridgehead atoms. The second-order valence-electron chi connectivity index (χ2n) is 4.13. The summed E-state index contributed by atoms with van der Waals surface area (Å²) in [6.07, 6.45) is 3.20. The molecule has 1 saturated heterocycles. The molecule has 2 rings (SSSR count). The number of hydrogen-bond acceptors (Lipinski definition) is 4. The number of nitrogens with zero attached hydrogens (tertiary/aromatic N) is 1. The number of aromatic nitrogens is 1. The summed E-state index contributed by atoms with van der Waals surface area (Å²) < 4.78 is 0. The van der Waals surface area contributed by atoms with Gasteiger partial charge in [0.25, 0.3) is 0 Å².